The third-order valence-electron chi connectivity index (χ3n) is 2.98. The van der Waals surface area contributed by atoms with E-state index in [4.69, 9.17) is 43.6 Å². The molecule has 3 rings (SSSR count). The van der Waals surface area contributed by atoms with Gasteiger partial charge in [-0.15, -0.1) is 0 Å². The first-order valence-corrected chi connectivity index (χ1v) is 6.78. The zero-order chi connectivity index (χ0) is 15.6. The first-order valence-electron chi connectivity index (χ1n) is 6.02. The van der Waals surface area contributed by atoms with E-state index in [1.807, 2.05) is 0 Å². The van der Waals surface area contributed by atoms with Crippen LogP contribution in [0.15, 0.2) is 18.5 Å². The predicted molar refractivity (Wildman–Crippen MR) is 76.1 cm³/mol. The van der Waals surface area contributed by atoms with E-state index in [9.17, 15) is 0 Å². The highest BCUT2D eigenvalue weighted by molar-refractivity contribution is 6.42. The van der Waals surface area contributed by atoms with Gasteiger partial charge in [-0.3, -0.25) is 0 Å². The molecule has 2 heterocycles. The number of fused-ring (bicyclic) bond motifs is 1. The Morgan fingerprint density at radius 1 is 1.14 bits per heavy atom. The van der Waals surface area contributed by atoms with Gasteiger partial charge in [0.15, 0.2) is 6.29 Å². The van der Waals surface area contributed by atoms with Gasteiger partial charge >= 0.3 is 0 Å². The second-order valence-electron chi connectivity index (χ2n) is 4.41. The van der Waals surface area contributed by atoms with Crippen LogP contribution in [0.25, 0.3) is 11.0 Å². The third kappa shape index (κ3) is 3.64. The number of halogens is 2. The molecule has 1 aliphatic rings. The molecule has 5 N–H and O–H groups in total. The fourth-order valence-corrected chi connectivity index (χ4v) is 2.13. The molecule has 0 bridgehead atoms. The lowest BCUT2D eigenvalue weighted by Gasteiger charge is -2.09. The van der Waals surface area contributed by atoms with Crippen molar-refractivity contribution in [3.05, 3.63) is 28.5 Å². The van der Waals surface area contributed by atoms with Crippen LogP contribution in [0.5, 0.6) is 0 Å². The Morgan fingerprint density at radius 3 is 2.33 bits per heavy atom. The van der Waals surface area contributed by atoms with Crippen molar-refractivity contribution in [3.8, 4) is 0 Å². The molecule has 9 heteroatoms. The summed E-state index contributed by atoms with van der Waals surface area (Å²) in [5.74, 6) is 0. The number of aliphatic hydroxyl groups excluding tert-OH is 4. The highest BCUT2D eigenvalue weighted by Gasteiger charge is 2.41. The van der Waals surface area contributed by atoms with E-state index in [0.29, 0.717) is 10.0 Å². The molecule has 0 spiro atoms. The molecule has 1 aromatic heterocycles. The van der Waals surface area contributed by atoms with Crippen LogP contribution in [0, 0.1) is 0 Å². The van der Waals surface area contributed by atoms with Crippen molar-refractivity contribution in [2.24, 2.45) is 0 Å². The fourth-order valence-electron chi connectivity index (χ4n) is 1.81. The van der Waals surface area contributed by atoms with E-state index in [1.165, 1.54) is 0 Å². The van der Waals surface area contributed by atoms with Gasteiger partial charge in [-0.05, 0) is 12.1 Å². The number of ether oxygens (including phenoxy) is 1. The smallest absolute Gasteiger partial charge is 0.184 e. The highest BCUT2D eigenvalue weighted by Crippen LogP contribution is 2.25. The maximum Gasteiger partial charge on any atom is 0.184 e. The zero-order valence-corrected chi connectivity index (χ0v) is 12.2. The monoisotopic (exact) mass is 336 g/mol. The minimum absolute atomic E-state index is 0.407. The standard InChI is InChI=1S/C7H4Cl2N2.C5H10O5/c8-4-1-6-7(2-5(4)9)11-3-10-6;6-1-2-3(7)4(8)5(9)10-2/h1-3H,(H,10,11);2-9H,1H2/t;2-,3-,4-,5?/m.1/s1. The summed E-state index contributed by atoms with van der Waals surface area (Å²) in [4.78, 5) is 6.96. The Bertz CT molecular complexity index is 572. The van der Waals surface area contributed by atoms with Crippen molar-refractivity contribution in [2.75, 3.05) is 6.61 Å². The van der Waals surface area contributed by atoms with Crippen molar-refractivity contribution in [1.82, 2.24) is 9.97 Å². The van der Waals surface area contributed by atoms with E-state index in [2.05, 4.69) is 14.7 Å². The molecule has 7 nitrogen and oxygen atoms in total. The first-order chi connectivity index (χ1) is 9.93. The Morgan fingerprint density at radius 2 is 1.81 bits per heavy atom. The van der Waals surface area contributed by atoms with Gasteiger partial charge in [-0.1, -0.05) is 23.2 Å². The van der Waals surface area contributed by atoms with Crippen LogP contribution in [0.3, 0.4) is 0 Å². The van der Waals surface area contributed by atoms with Crippen LogP contribution in [0.1, 0.15) is 0 Å². The summed E-state index contributed by atoms with van der Waals surface area (Å²) in [5, 5.41) is 36.0. The second kappa shape index (κ2) is 6.89. The molecule has 0 amide bonds. The number of H-pyrrole nitrogens is 1. The van der Waals surface area contributed by atoms with E-state index >= 15 is 0 Å². The summed E-state index contributed by atoms with van der Waals surface area (Å²) in [6, 6.07) is 3.49. The molecule has 21 heavy (non-hydrogen) atoms. The summed E-state index contributed by atoms with van der Waals surface area (Å²) in [6.45, 7) is -0.407. The average Bonchev–Trinajstić information content (AvgIpc) is 3.00. The van der Waals surface area contributed by atoms with Crippen LogP contribution >= 0.6 is 23.2 Å². The molecule has 1 fully saturated rings. The van der Waals surface area contributed by atoms with Crippen molar-refractivity contribution in [3.63, 3.8) is 0 Å². The van der Waals surface area contributed by atoms with E-state index < -0.39 is 31.2 Å². The Balaban J connectivity index is 0.000000155. The maximum atomic E-state index is 8.93. The van der Waals surface area contributed by atoms with Crippen LogP contribution < -0.4 is 0 Å². The van der Waals surface area contributed by atoms with Crippen LogP contribution in [0.2, 0.25) is 10.0 Å². The van der Waals surface area contributed by atoms with Crippen LogP contribution in [0.4, 0.5) is 0 Å². The van der Waals surface area contributed by atoms with E-state index in [-0.39, 0.29) is 0 Å². The van der Waals surface area contributed by atoms with Gasteiger partial charge in [0.2, 0.25) is 0 Å². The third-order valence-corrected chi connectivity index (χ3v) is 3.70. The molecule has 116 valence electrons. The topological polar surface area (TPSA) is 119 Å². The van der Waals surface area contributed by atoms with Crippen molar-refractivity contribution in [1.29, 1.82) is 0 Å². The summed E-state index contributed by atoms with van der Waals surface area (Å²) in [7, 11) is 0. The number of imidazole rings is 1. The molecule has 0 aliphatic carbocycles. The maximum absolute atomic E-state index is 8.93. The van der Waals surface area contributed by atoms with Crippen LogP contribution in [-0.4, -0.2) is 61.6 Å². The number of aliphatic hydroxyl groups is 4. The Hall–Kier alpha value is -0.930. The fraction of sp³-hybridized carbons (Fsp3) is 0.417. The minimum atomic E-state index is -1.38. The average molecular weight is 337 g/mol. The SMILES string of the molecule is Clc1cc2nc[nH]c2cc1Cl.OC[C@H]1OC(O)[C@H](O)[C@@H]1O. The molecular weight excluding hydrogens is 323 g/mol. The summed E-state index contributed by atoms with van der Waals surface area (Å²) < 4.78 is 4.54. The quantitative estimate of drug-likeness (QED) is 0.510. The number of aromatic amines is 1. The Labute approximate surface area is 129 Å². The highest BCUT2D eigenvalue weighted by atomic mass is 35.5. The number of hydrogen-bond acceptors (Lipinski definition) is 6. The molecule has 1 aliphatic heterocycles. The molecule has 2 aromatic rings. The van der Waals surface area contributed by atoms with Crippen molar-refractivity contribution >= 4 is 34.2 Å². The number of nitrogens with one attached hydrogen (secondary N) is 1. The Kier molecular flexibility index (Phi) is 5.39. The number of benzene rings is 1. The molecule has 0 saturated carbocycles. The van der Waals surface area contributed by atoms with Gasteiger partial charge in [0, 0.05) is 0 Å². The van der Waals surface area contributed by atoms with Gasteiger partial charge < -0.3 is 30.1 Å². The van der Waals surface area contributed by atoms with Gasteiger partial charge in [-0.2, -0.15) is 0 Å². The number of nitrogens with zero attached hydrogens (tertiary/aromatic N) is 1. The number of hydrogen-bond donors (Lipinski definition) is 5. The van der Waals surface area contributed by atoms with Gasteiger partial charge in [0.1, 0.15) is 18.3 Å². The number of aromatic nitrogens is 2. The van der Waals surface area contributed by atoms with E-state index in [1.54, 1.807) is 18.5 Å². The van der Waals surface area contributed by atoms with Crippen molar-refractivity contribution in [2.45, 2.75) is 24.6 Å². The summed E-state index contributed by atoms with van der Waals surface area (Å²) in [5.41, 5.74) is 1.74. The first kappa shape index (κ1) is 16.4. The summed E-state index contributed by atoms with van der Waals surface area (Å²) >= 11 is 11.5. The molecular formula is C12H14Cl2N2O5. The lowest BCUT2D eigenvalue weighted by Crippen LogP contribution is -2.33. The molecule has 4 atom stereocenters. The minimum Gasteiger partial charge on any atom is -0.394 e. The second-order valence-corrected chi connectivity index (χ2v) is 5.23. The zero-order valence-electron chi connectivity index (χ0n) is 10.6. The van der Waals surface area contributed by atoms with Gasteiger partial charge in [0.25, 0.3) is 0 Å². The lowest BCUT2D eigenvalue weighted by atomic mass is 10.1. The van der Waals surface area contributed by atoms with E-state index in [0.717, 1.165) is 11.0 Å². The van der Waals surface area contributed by atoms with Crippen LogP contribution in [-0.2, 0) is 4.74 Å². The molecule has 1 saturated heterocycles. The lowest BCUT2D eigenvalue weighted by molar-refractivity contribution is -0.132. The van der Waals surface area contributed by atoms with Gasteiger partial charge in [0.05, 0.1) is 34.0 Å². The summed E-state index contributed by atoms with van der Waals surface area (Å²) in [6.07, 6.45) is -3.15. The van der Waals surface area contributed by atoms with Crippen molar-refractivity contribution < 1.29 is 25.2 Å². The molecule has 1 aromatic carbocycles. The predicted octanol–water partition coefficient (Wildman–Crippen LogP) is 0.287. The normalized spacial score (nSPS) is 28.5. The largest absolute Gasteiger partial charge is 0.394 e. The molecule has 1 unspecified atom stereocenters. The van der Waals surface area contributed by atoms with Gasteiger partial charge in [-0.25, -0.2) is 4.98 Å². The number of rotatable bonds is 1. The molecule has 0 radical (unpaired) electrons.